The molecule has 0 spiro atoms. The first-order valence-corrected chi connectivity index (χ1v) is 11.7. The molecule has 0 atom stereocenters. The number of hydrogen-bond donors (Lipinski definition) is 1. The van der Waals surface area contributed by atoms with E-state index in [4.69, 9.17) is 31.2 Å². The minimum Gasteiger partial charge on any atom is -0.478 e. The maximum atomic E-state index is 11.1. The summed E-state index contributed by atoms with van der Waals surface area (Å²) in [7, 11) is 0. The van der Waals surface area contributed by atoms with Gasteiger partial charge in [0, 0.05) is 39.8 Å². The number of carboxylic acid groups (broad SMARTS) is 1. The molecule has 0 unspecified atom stereocenters. The zero-order valence-corrected chi connectivity index (χ0v) is 19.4. The predicted octanol–water partition coefficient (Wildman–Crippen LogP) is 6.24. The van der Waals surface area contributed by atoms with Crippen LogP contribution in [0.1, 0.15) is 32.8 Å². The number of fused-ring (bicyclic) bond motifs is 4. The molecule has 35 heavy (non-hydrogen) atoms. The molecule has 5 aromatic rings. The summed E-state index contributed by atoms with van der Waals surface area (Å²) in [6, 6.07) is 22.6. The SMILES string of the molecule is O=C(O)c1ccc(CCn2cc3c(n2)-c2ccc(Cl)cc2C(c2cc4ccccc4o2)=NC3)cc1. The zero-order valence-electron chi connectivity index (χ0n) is 18.6. The van der Waals surface area contributed by atoms with Crippen LogP contribution in [-0.2, 0) is 19.5 Å². The molecule has 172 valence electrons. The number of para-hydroxylation sites is 1. The lowest BCUT2D eigenvalue weighted by Crippen LogP contribution is -2.05. The molecule has 2 aromatic heterocycles. The largest absolute Gasteiger partial charge is 0.478 e. The fourth-order valence-corrected chi connectivity index (χ4v) is 4.63. The molecular weight excluding hydrogens is 462 g/mol. The smallest absolute Gasteiger partial charge is 0.335 e. The van der Waals surface area contributed by atoms with Crippen molar-refractivity contribution in [1.82, 2.24) is 9.78 Å². The highest BCUT2D eigenvalue weighted by molar-refractivity contribution is 6.31. The number of furan rings is 1. The van der Waals surface area contributed by atoms with Crippen molar-refractivity contribution in [2.75, 3.05) is 0 Å². The van der Waals surface area contributed by atoms with Crippen LogP contribution >= 0.6 is 11.6 Å². The highest BCUT2D eigenvalue weighted by atomic mass is 35.5. The highest BCUT2D eigenvalue weighted by Gasteiger charge is 2.24. The molecule has 6 rings (SSSR count). The number of aromatic nitrogens is 2. The fraction of sp³-hybridized carbons (Fsp3) is 0.107. The van der Waals surface area contributed by atoms with Crippen molar-refractivity contribution in [2.45, 2.75) is 19.5 Å². The summed E-state index contributed by atoms with van der Waals surface area (Å²) < 4.78 is 8.06. The Bertz CT molecular complexity index is 1580. The molecule has 0 saturated carbocycles. The van der Waals surface area contributed by atoms with Crippen molar-refractivity contribution >= 4 is 34.3 Å². The molecule has 0 radical (unpaired) electrons. The summed E-state index contributed by atoms with van der Waals surface area (Å²) in [5, 5.41) is 15.6. The predicted molar refractivity (Wildman–Crippen MR) is 135 cm³/mol. The van der Waals surface area contributed by atoms with Crippen LogP contribution < -0.4 is 0 Å². The van der Waals surface area contributed by atoms with Gasteiger partial charge in [0.15, 0.2) is 5.76 Å². The second-order valence-electron chi connectivity index (χ2n) is 8.52. The third kappa shape index (κ3) is 4.02. The van der Waals surface area contributed by atoms with E-state index in [2.05, 4.69) is 0 Å². The first kappa shape index (κ1) is 21.4. The van der Waals surface area contributed by atoms with E-state index in [-0.39, 0.29) is 5.56 Å². The van der Waals surface area contributed by atoms with Crippen molar-refractivity contribution < 1.29 is 14.3 Å². The van der Waals surface area contributed by atoms with Gasteiger partial charge in [-0.05, 0) is 48.4 Å². The molecule has 0 fully saturated rings. The first-order valence-electron chi connectivity index (χ1n) is 11.3. The Morgan fingerprint density at radius 1 is 1.03 bits per heavy atom. The van der Waals surface area contributed by atoms with Gasteiger partial charge in [0.1, 0.15) is 11.3 Å². The molecule has 1 aliphatic rings. The lowest BCUT2D eigenvalue weighted by Gasteiger charge is -2.09. The maximum absolute atomic E-state index is 11.1. The van der Waals surface area contributed by atoms with Gasteiger partial charge in [-0.25, -0.2) is 4.79 Å². The standard InChI is InChI=1S/C28H20ClN3O3/c29-21-9-10-22-23(14-21)27(25-13-19-3-1-2-4-24(19)35-25)30-15-20-16-32(31-26(20)22)12-11-17-5-7-18(8-6-17)28(33)34/h1-10,13-14,16H,11-12,15H2,(H,33,34). The Balaban J connectivity index is 1.33. The van der Waals surface area contributed by atoms with Crippen LogP contribution in [0.2, 0.25) is 5.02 Å². The van der Waals surface area contributed by atoms with Gasteiger partial charge in [0.05, 0.1) is 17.8 Å². The number of aromatic carboxylic acids is 1. The minimum atomic E-state index is -0.922. The topological polar surface area (TPSA) is 80.6 Å². The Morgan fingerprint density at radius 2 is 1.86 bits per heavy atom. The van der Waals surface area contributed by atoms with Crippen LogP contribution in [0.3, 0.4) is 0 Å². The number of aryl methyl sites for hydroxylation is 2. The highest BCUT2D eigenvalue weighted by Crippen LogP contribution is 2.34. The maximum Gasteiger partial charge on any atom is 0.335 e. The van der Waals surface area contributed by atoms with Crippen molar-refractivity contribution in [3.8, 4) is 11.3 Å². The molecule has 7 heteroatoms. The van der Waals surface area contributed by atoms with Crippen LogP contribution in [0.25, 0.3) is 22.2 Å². The van der Waals surface area contributed by atoms with Crippen LogP contribution in [0.4, 0.5) is 0 Å². The summed E-state index contributed by atoms with van der Waals surface area (Å²) in [4.78, 5) is 16.0. The third-order valence-electron chi connectivity index (χ3n) is 6.23. The first-order chi connectivity index (χ1) is 17.0. The fourth-order valence-electron chi connectivity index (χ4n) is 4.45. The third-order valence-corrected chi connectivity index (χ3v) is 6.46. The Hall–Kier alpha value is -4.16. The van der Waals surface area contributed by atoms with E-state index in [1.807, 2.05) is 71.5 Å². The lowest BCUT2D eigenvalue weighted by molar-refractivity contribution is 0.0697. The van der Waals surface area contributed by atoms with Gasteiger partial charge in [-0.1, -0.05) is 48.0 Å². The van der Waals surface area contributed by atoms with E-state index in [0.717, 1.165) is 51.0 Å². The van der Waals surface area contributed by atoms with Gasteiger partial charge in [-0.2, -0.15) is 5.10 Å². The van der Waals surface area contributed by atoms with Crippen molar-refractivity contribution in [2.24, 2.45) is 4.99 Å². The number of hydrogen-bond acceptors (Lipinski definition) is 4. The number of nitrogens with zero attached hydrogens (tertiary/aromatic N) is 3. The summed E-state index contributed by atoms with van der Waals surface area (Å²) in [5.41, 5.74) is 6.69. The van der Waals surface area contributed by atoms with Gasteiger partial charge in [0.25, 0.3) is 0 Å². The van der Waals surface area contributed by atoms with Crippen molar-refractivity contribution in [3.05, 3.63) is 112 Å². The van der Waals surface area contributed by atoms with Gasteiger partial charge >= 0.3 is 5.97 Å². The molecule has 1 N–H and O–H groups in total. The lowest BCUT2D eigenvalue weighted by atomic mass is 9.98. The van der Waals surface area contributed by atoms with Crippen molar-refractivity contribution in [3.63, 3.8) is 0 Å². The van der Waals surface area contributed by atoms with Gasteiger partial charge in [-0.3, -0.25) is 9.67 Å². The summed E-state index contributed by atoms with van der Waals surface area (Å²) >= 11 is 6.39. The molecule has 3 heterocycles. The second kappa shape index (κ2) is 8.56. The van der Waals surface area contributed by atoms with Crippen LogP contribution in [0.5, 0.6) is 0 Å². The van der Waals surface area contributed by atoms with E-state index < -0.39 is 5.97 Å². The summed E-state index contributed by atoms with van der Waals surface area (Å²) in [6.07, 6.45) is 2.77. The van der Waals surface area contributed by atoms with Crippen LogP contribution in [0, 0.1) is 0 Å². The van der Waals surface area contributed by atoms with Gasteiger partial charge in [-0.15, -0.1) is 0 Å². The number of carboxylic acids is 1. The number of rotatable bonds is 5. The van der Waals surface area contributed by atoms with E-state index in [9.17, 15) is 4.79 Å². The molecule has 6 nitrogen and oxygen atoms in total. The second-order valence-corrected chi connectivity index (χ2v) is 8.96. The van der Waals surface area contributed by atoms with E-state index in [1.165, 1.54) is 0 Å². The van der Waals surface area contributed by atoms with E-state index in [0.29, 0.717) is 23.9 Å². The monoisotopic (exact) mass is 481 g/mol. The average Bonchev–Trinajstić information content (AvgIpc) is 3.44. The summed E-state index contributed by atoms with van der Waals surface area (Å²) in [5.74, 6) is -0.216. The van der Waals surface area contributed by atoms with Gasteiger partial charge in [0.2, 0.25) is 0 Å². The molecule has 0 saturated heterocycles. The Labute approximate surface area is 206 Å². The van der Waals surface area contributed by atoms with E-state index in [1.54, 1.807) is 12.1 Å². The van der Waals surface area contributed by atoms with Crippen molar-refractivity contribution in [1.29, 1.82) is 0 Å². The van der Waals surface area contributed by atoms with Crippen LogP contribution in [-0.4, -0.2) is 26.6 Å². The quantitative estimate of drug-likeness (QED) is 0.322. The summed E-state index contributed by atoms with van der Waals surface area (Å²) in [6.45, 7) is 1.14. The zero-order chi connectivity index (χ0) is 23.9. The number of benzene rings is 3. The number of halogens is 1. The molecule has 3 aromatic carbocycles. The molecule has 1 aliphatic heterocycles. The number of carbonyl (C=O) groups is 1. The Morgan fingerprint density at radius 3 is 2.66 bits per heavy atom. The van der Waals surface area contributed by atoms with E-state index >= 15 is 0 Å². The molecule has 0 aliphatic carbocycles. The van der Waals surface area contributed by atoms with Crippen LogP contribution in [0.15, 0.2) is 88.4 Å². The normalized spacial score (nSPS) is 12.7. The number of aliphatic imine (C=N–C) groups is 1. The Kier molecular flexibility index (Phi) is 5.23. The average molecular weight is 482 g/mol. The minimum absolute atomic E-state index is 0.285. The molecule has 0 bridgehead atoms. The molecule has 0 amide bonds. The molecular formula is C28H20ClN3O3. The van der Waals surface area contributed by atoms with Gasteiger partial charge < -0.3 is 9.52 Å².